The molecule has 8 heteroatoms. The second kappa shape index (κ2) is 8.33. The molecule has 2 N–H and O–H groups in total. The topological polar surface area (TPSA) is 61.4 Å². The average molecular weight is 391 g/mol. The standard InChI is InChI=1S/C20H20F3N3O2/c1-12-4-7-16-13(9-12)3-2-8-26(16)11-18(28)24-10-17(27)25-15-6-5-14(21)19(22)20(15)23/h4-7,9H,2-3,8,10-11H2,1H3,(H,24,28)(H,25,27). The van der Waals surface area contributed by atoms with Crippen LogP contribution >= 0.6 is 0 Å². The molecule has 0 saturated carbocycles. The van der Waals surface area contributed by atoms with Gasteiger partial charge in [-0.3, -0.25) is 9.59 Å². The molecule has 2 aromatic carbocycles. The van der Waals surface area contributed by atoms with Gasteiger partial charge in [-0.1, -0.05) is 17.7 Å². The van der Waals surface area contributed by atoms with Crippen molar-refractivity contribution in [1.29, 1.82) is 0 Å². The van der Waals surface area contributed by atoms with Gasteiger partial charge in [0.25, 0.3) is 0 Å². The highest BCUT2D eigenvalue weighted by Crippen LogP contribution is 2.27. The molecule has 0 unspecified atom stereocenters. The van der Waals surface area contributed by atoms with Crippen LogP contribution in [0.25, 0.3) is 0 Å². The fraction of sp³-hybridized carbons (Fsp3) is 0.300. The number of hydrogen-bond donors (Lipinski definition) is 2. The third-order valence-corrected chi connectivity index (χ3v) is 4.54. The quantitative estimate of drug-likeness (QED) is 0.771. The van der Waals surface area contributed by atoms with E-state index in [-0.39, 0.29) is 12.5 Å². The van der Waals surface area contributed by atoms with Crippen LogP contribution < -0.4 is 15.5 Å². The zero-order valence-electron chi connectivity index (χ0n) is 15.3. The molecule has 1 aliphatic heterocycles. The van der Waals surface area contributed by atoms with E-state index in [1.807, 2.05) is 24.0 Å². The first-order valence-corrected chi connectivity index (χ1v) is 8.89. The molecule has 0 aliphatic carbocycles. The number of hydrogen-bond acceptors (Lipinski definition) is 3. The molecular weight excluding hydrogens is 371 g/mol. The number of carbonyl (C=O) groups is 2. The van der Waals surface area contributed by atoms with Crippen molar-refractivity contribution in [3.8, 4) is 0 Å². The van der Waals surface area contributed by atoms with Gasteiger partial charge in [0.2, 0.25) is 11.8 Å². The highest BCUT2D eigenvalue weighted by molar-refractivity contribution is 5.95. The molecule has 2 aromatic rings. The minimum absolute atomic E-state index is 0.0862. The lowest BCUT2D eigenvalue weighted by Gasteiger charge is -2.31. The summed E-state index contributed by atoms with van der Waals surface area (Å²) in [6.45, 7) is 2.42. The Kier molecular flexibility index (Phi) is 5.87. The lowest BCUT2D eigenvalue weighted by Crippen LogP contribution is -2.42. The van der Waals surface area contributed by atoms with E-state index in [0.717, 1.165) is 36.7 Å². The highest BCUT2D eigenvalue weighted by atomic mass is 19.2. The number of anilines is 2. The van der Waals surface area contributed by atoms with E-state index in [9.17, 15) is 22.8 Å². The van der Waals surface area contributed by atoms with Gasteiger partial charge in [-0.05, 0) is 43.5 Å². The summed E-state index contributed by atoms with van der Waals surface area (Å²) in [7, 11) is 0. The second-order valence-corrected chi connectivity index (χ2v) is 6.71. The maximum atomic E-state index is 13.6. The van der Waals surface area contributed by atoms with Crippen LogP contribution in [0.15, 0.2) is 30.3 Å². The van der Waals surface area contributed by atoms with Crippen molar-refractivity contribution in [1.82, 2.24) is 5.32 Å². The largest absolute Gasteiger partial charge is 0.362 e. The van der Waals surface area contributed by atoms with Gasteiger partial charge in [-0.25, -0.2) is 13.2 Å². The van der Waals surface area contributed by atoms with Gasteiger partial charge in [0.05, 0.1) is 18.8 Å². The van der Waals surface area contributed by atoms with Crippen molar-refractivity contribution in [2.45, 2.75) is 19.8 Å². The summed E-state index contributed by atoms with van der Waals surface area (Å²) in [5.41, 5.74) is 2.86. The van der Waals surface area contributed by atoms with Gasteiger partial charge < -0.3 is 15.5 Å². The Morgan fingerprint density at radius 1 is 1.07 bits per heavy atom. The molecule has 0 fully saturated rings. The Balaban J connectivity index is 1.54. The Hall–Kier alpha value is -3.03. The number of aryl methyl sites for hydroxylation is 2. The molecule has 148 valence electrons. The van der Waals surface area contributed by atoms with Crippen LogP contribution in [0.3, 0.4) is 0 Å². The minimum Gasteiger partial charge on any atom is -0.362 e. The number of nitrogens with zero attached hydrogens (tertiary/aromatic N) is 1. The monoisotopic (exact) mass is 391 g/mol. The molecule has 0 radical (unpaired) electrons. The summed E-state index contributed by atoms with van der Waals surface area (Å²) in [6.07, 6.45) is 1.89. The lowest BCUT2D eigenvalue weighted by atomic mass is 9.99. The summed E-state index contributed by atoms with van der Waals surface area (Å²) in [6, 6.07) is 7.69. The number of amides is 2. The van der Waals surface area contributed by atoms with Gasteiger partial charge in [0, 0.05) is 12.2 Å². The van der Waals surface area contributed by atoms with E-state index in [0.29, 0.717) is 6.07 Å². The van der Waals surface area contributed by atoms with E-state index in [1.165, 1.54) is 5.56 Å². The van der Waals surface area contributed by atoms with Crippen molar-refractivity contribution in [2.75, 3.05) is 29.9 Å². The summed E-state index contributed by atoms with van der Waals surface area (Å²) < 4.78 is 39.7. The van der Waals surface area contributed by atoms with Crippen molar-refractivity contribution in [3.63, 3.8) is 0 Å². The van der Waals surface area contributed by atoms with Crippen LogP contribution in [0, 0.1) is 24.4 Å². The van der Waals surface area contributed by atoms with E-state index < -0.39 is 35.6 Å². The Morgan fingerprint density at radius 2 is 1.86 bits per heavy atom. The van der Waals surface area contributed by atoms with Crippen LogP contribution in [0.2, 0.25) is 0 Å². The maximum Gasteiger partial charge on any atom is 0.243 e. The molecule has 3 rings (SSSR count). The second-order valence-electron chi connectivity index (χ2n) is 6.71. The van der Waals surface area contributed by atoms with E-state index in [4.69, 9.17) is 0 Å². The fourth-order valence-corrected chi connectivity index (χ4v) is 3.19. The summed E-state index contributed by atoms with van der Waals surface area (Å²) in [4.78, 5) is 26.0. The van der Waals surface area contributed by atoms with Gasteiger partial charge >= 0.3 is 0 Å². The molecule has 28 heavy (non-hydrogen) atoms. The predicted octanol–water partition coefficient (Wildman–Crippen LogP) is 2.92. The minimum atomic E-state index is -1.67. The number of rotatable bonds is 5. The predicted molar refractivity (Wildman–Crippen MR) is 99.7 cm³/mol. The molecule has 5 nitrogen and oxygen atoms in total. The van der Waals surface area contributed by atoms with Crippen LogP contribution in [0.5, 0.6) is 0 Å². The molecule has 0 saturated heterocycles. The molecule has 0 spiro atoms. The number of benzene rings is 2. The smallest absolute Gasteiger partial charge is 0.243 e. The molecular formula is C20H20F3N3O2. The summed E-state index contributed by atoms with van der Waals surface area (Å²) in [5, 5.41) is 4.56. The molecule has 1 aliphatic rings. The Bertz CT molecular complexity index is 918. The van der Waals surface area contributed by atoms with E-state index in [2.05, 4.69) is 16.7 Å². The van der Waals surface area contributed by atoms with Crippen molar-refractivity contribution >= 4 is 23.2 Å². The number of nitrogens with one attached hydrogen (secondary N) is 2. The molecule has 0 aromatic heterocycles. The van der Waals surface area contributed by atoms with Crippen LogP contribution in [0.4, 0.5) is 24.5 Å². The molecule has 2 amide bonds. The number of carbonyl (C=O) groups excluding carboxylic acids is 2. The van der Waals surface area contributed by atoms with E-state index >= 15 is 0 Å². The SMILES string of the molecule is Cc1ccc2c(c1)CCCN2CC(=O)NCC(=O)Nc1ccc(F)c(F)c1F. The zero-order chi connectivity index (χ0) is 20.3. The lowest BCUT2D eigenvalue weighted by molar-refractivity contribution is -0.123. The first-order chi connectivity index (χ1) is 13.3. The van der Waals surface area contributed by atoms with Crippen LogP contribution in [0.1, 0.15) is 17.5 Å². The third kappa shape index (κ3) is 4.44. The molecule has 0 atom stereocenters. The summed E-state index contributed by atoms with van der Waals surface area (Å²) in [5.74, 6) is -5.61. The van der Waals surface area contributed by atoms with Gasteiger partial charge in [-0.2, -0.15) is 0 Å². The van der Waals surface area contributed by atoms with Crippen LogP contribution in [-0.2, 0) is 16.0 Å². The zero-order valence-corrected chi connectivity index (χ0v) is 15.3. The van der Waals surface area contributed by atoms with Crippen molar-refractivity contribution < 1.29 is 22.8 Å². The Labute approximate surface area is 160 Å². The average Bonchev–Trinajstić information content (AvgIpc) is 2.67. The number of halogens is 3. The highest BCUT2D eigenvalue weighted by Gasteiger charge is 2.20. The molecule has 0 bridgehead atoms. The van der Waals surface area contributed by atoms with Gasteiger partial charge in [0.1, 0.15) is 0 Å². The van der Waals surface area contributed by atoms with Crippen molar-refractivity contribution in [3.05, 3.63) is 58.9 Å². The fourth-order valence-electron chi connectivity index (χ4n) is 3.19. The number of fused-ring (bicyclic) bond motifs is 1. The van der Waals surface area contributed by atoms with E-state index in [1.54, 1.807) is 0 Å². The maximum absolute atomic E-state index is 13.6. The van der Waals surface area contributed by atoms with Crippen molar-refractivity contribution in [2.24, 2.45) is 0 Å². The Morgan fingerprint density at radius 3 is 2.64 bits per heavy atom. The first-order valence-electron chi connectivity index (χ1n) is 8.89. The summed E-state index contributed by atoms with van der Waals surface area (Å²) >= 11 is 0. The van der Waals surface area contributed by atoms with Crippen LogP contribution in [-0.4, -0.2) is 31.4 Å². The normalized spacial score (nSPS) is 13.1. The van der Waals surface area contributed by atoms with Gasteiger partial charge in [0.15, 0.2) is 17.5 Å². The molecule has 1 heterocycles. The van der Waals surface area contributed by atoms with Gasteiger partial charge in [-0.15, -0.1) is 0 Å². The third-order valence-electron chi connectivity index (χ3n) is 4.54. The first kappa shape index (κ1) is 19.7.